The van der Waals surface area contributed by atoms with Crippen molar-refractivity contribution in [2.45, 2.75) is 24.8 Å². The smallest absolute Gasteiger partial charge is 0.179 e. The summed E-state index contributed by atoms with van der Waals surface area (Å²) in [6, 6.07) is 5.55. The Morgan fingerprint density at radius 3 is 2.86 bits per heavy atom. The number of morpholine rings is 1. The summed E-state index contributed by atoms with van der Waals surface area (Å²) >= 11 is 0. The van der Waals surface area contributed by atoms with Gasteiger partial charge in [-0.25, -0.2) is 8.42 Å². The summed E-state index contributed by atoms with van der Waals surface area (Å²) in [5, 5.41) is 3.20. The van der Waals surface area contributed by atoms with Crippen molar-refractivity contribution in [3.05, 3.63) is 29.3 Å². The fraction of sp³-hybridized carbons (Fsp3) is 0.625. The molecule has 1 fully saturated rings. The van der Waals surface area contributed by atoms with E-state index in [9.17, 15) is 8.42 Å². The van der Waals surface area contributed by atoms with Gasteiger partial charge in [-0.15, -0.1) is 0 Å². The second kappa shape index (κ2) is 7.55. The first kappa shape index (κ1) is 17.4. The Kier molecular flexibility index (Phi) is 5.97. The normalized spacial score (nSPS) is 20.2. The van der Waals surface area contributed by atoms with Crippen LogP contribution in [0.1, 0.15) is 11.1 Å². The first-order valence-corrected chi connectivity index (χ1v) is 9.34. The molecule has 5 nitrogen and oxygen atoms in total. The monoisotopic (exact) mass is 326 g/mol. The number of nitrogens with zero attached hydrogens (tertiary/aromatic N) is 1. The van der Waals surface area contributed by atoms with Crippen LogP contribution in [0.25, 0.3) is 0 Å². The van der Waals surface area contributed by atoms with Crippen LogP contribution in [0.2, 0.25) is 0 Å². The van der Waals surface area contributed by atoms with Gasteiger partial charge in [0.25, 0.3) is 0 Å². The van der Waals surface area contributed by atoms with Gasteiger partial charge in [0.15, 0.2) is 9.84 Å². The van der Waals surface area contributed by atoms with Crippen LogP contribution in [0.5, 0.6) is 0 Å². The van der Waals surface area contributed by atoms with Crippen molar-refractivity contribution < 1.29 is 13.2 Å². The van der Waals surface area contributed by atoms with Crippen molar-refractivity contribution in [3.63, 3.8) is 0 Å². The molecule has 1 atom stereocenters. The molecule has 6 heteroatoms. The highest BCUT2D eigenvalue weighted by Crippen LogP contribution is 2.17. The molecule has 0 amide bonds. The Morgan fingerprint density at radius 2 is 2.14 bits per heavy atom. The highest BCUT2D eigenvalue weighted by atomic mass is 32.2. The van der Waals surface area contributed by atoms with Gasteiger partial charge in [0.05, 0.1) is 23.4 Å². The summed E-state index contributed by atoms with van der Waals surface area (Å²) in [6.07, 6.45) is 0.141. The van der Waals surface area contributed by atoms with Gasteiger partial charge in [0.1, 0.15) is 0 Å². The van der Waals surface area contributed by atoms with Crippen LogP contribution in [0.3, 0.4) is 0 Å². The predicted octanol–water partition coefficient (Wildman–Crippen LogP) is 0.997. The number of hydrogen-bond donors (Lipinski definition) is 1. The van der Waals surface area contributed by atoms with E-state index in [2.05, 4.69) is 17.3 Å². The van der Waals surface area contributed by atoms with Crippen molar-refractivity contribution in [2.24, 2.45) is 0 Å². The van der Waals surface area contributed by atoms with Crippen molar-refractivity contribution in [1.29, 1.82) is 0 Å². The molecule has 0 unspecified atom stereocenters. The molecule has 22 heavy (non-hydrogen) atoms. The minimum atomic E-state index is -3.24. The predicted molar refractivity (Wildman–Crippen MR) is 88.1 cm³/mol. The Hall–Kier alpha value is -0.950. The summed E-state index contributed by atoms with van der Waals surface area (Å²) in [7, 11) is -1.17. The quantitative estimate of drug-likeness (QED) is 0.790. The lowest BCUT2D eigenvalue weighted by molar-refractivity contribution is -0.0178. The van der Waals surface area contributed by atoms with E-state index in [4.69, 9.17) is 4.74 Å². The van der Waals surface area contributed by atoms with Gasteiger partial charge < -0.3 is 15.0 Å². The minimum absolute atomic E-state index is 0.111. The lowest BCUT2D eigenvalue weighted by Crippen LogP contribution is -2.45. The number of benzene rings is 1. The lowest BCUT2D eigenvalue weighted by Gasteiger charge is -2.30. The summed E-state index contributed by atoms with van der Waals surface area (Å²) in [4.78, 5) is 2.67. The van der Waals surface area contributed by atoms with E-state index in [0.717, 1.165) is 30.8 Å². The van der Waals surface area contributed by atoms with Crippen molar-refractivity contribution in [3.8, 4) is 0 Å². The number of nitrogens with one attached hydrogen (secondary N) is 1. The van der Waals surface area contributed by atoms with Crippen LogP contribution in [0, 0.1) is 13.8 Å². The van der Waals surface area contributed by atoms with Gasteiger partial charge in [-0.2, -0.15) is 0 Å². The van der Waals surface area contributed by atoms with Gasteiger partial charge in [-0.1, -0.05) is 12.1 Å². The number of likely N-dealkylation sites (N-methyl/N-ethyl adjacent to an activating group) is 1. The van der Waals surface area contributed by atoms with Crippen LogP contribution < -0.4 is 5.32 Å². The largest absolute Gasteiger partial charge is 0.374 e. The third-order valence-electron chi connectivity index (χ3n) is 3.94. The first-order valence-electron chi connectivity index (χ1n) is 7.69. The molecule has 1 aromatic carbocycles. The minimum Gasteiger partial charge on any atom is -0.374 e. The molecule has 1 heterocycles. The highest BCUT2D eigenvalue weighted by Gasteiger charge is 2.19. The molecule has 0 radical (unpaired) electrons. The zero-order chi connectivity index (χ0) is 16.2. The second-order valence-electron chi connectivity index (χ2n) is 6.05. The van der Waals surface area contributed by atoms with E-state index in [-0.39, 0.29) is 11.9 Å². The second-order valence-corrected chi connectivity index (χ2v) is 8.12. The topological polar surface area (TPSA) is 58.6 Å². The molecule has 1 aliphatic rings. The maximum absolute atomic E-state index is 12.4. The van der Waals surface area contributed by atoms with Crippen LogP contribution in [0.4, 0.5) is 0 Å². The van der Waals surface area contributed by atoms with Crippen LogP contribution >= 0.6 is 0 Å². The van der Waals surface area contributed by atoms with Gasteiger partial charge >= 0.3 is 0 Å². The standard InChI is InChI=1S/C16H26N2O3S/c1-13-4-5-14(2)16(10-13)22(19,20)9-6-17-11-15-12-18(3)7-8-21-15/h4-5,10,15,17H,6-9,11-12H2,1-3H3/t15-/m0/s1. The van der Waals surface area contributed by atoms with E-state index in [1.807, 2.05) is 26.0 Å². The van der Waals surface area contributed by atoms with Crippen molar-refractivity contribution >= 4 is 9.84 Å². The zero-order valence-electron chi connectivity index (χ0n) is 13.6. The number of rotatable bonds is 6. The first-order chi connectivity index (χ1) is 10.4. The Balaban J connectivity index is 1.84. The molecule has 1 N–H and O–H groups in total. The van der Waals surface area contributed by atoms with Crippen LogP contribution in [0.15, 0.2) is 23.1 Å². The third kappa shape index (κ3) is 4.78. The Bertz CT molecular complexity index is 601. The fourth-order valence-corrected chi connectivity index (χ4v) is 4.17. The summed E-state index contributed by atoms with van der Waals surface area (Å²) in [5.41, 5.74) is 1.78. The molecule has 0 aliphatic carbocycles. The van der Waals surface area contributed by atoms with E-state index < -0.39 is 9.84 Å². The molecule has 2 rings (SSSR count). The molecule has 1 aromatic rings. The average Bonchev–Trinajstić information content (AvgIpc) is 2.46. The average molecular weight is 326 g/mol. The molecule has 0 aromatic heterocycles. The van der Waals surface area contributed by atoms with E-state index in [0.29, 0.717) is 18.0 Å². The molecule has 124 valence electrons. The van der Waals surface area contributed by atoms with Crippen molar-refractivity contribution in [1.82, 2.24) is 10.2 Å². The van der Waals surface area contributed by atoms with E-state index in [1.54, 1.807) is 6.07 Å². The summed E-state index contributed by atoms with van der Waals surface area (Å²) < 4.78 is 30.5. The maximum atomic E-state index is 12.4. The van der Waals surface area contributed by atoms with Crippen molar-refractivity contribution in [2.75, 3.05) is 45.6 Å². The third-order valence-corrected chi connectivity index (χ3v) is 5.79. The summed E-state index contributed by atoms with van der Waals surface area (Å²) in [6.45, 7) is 7.46. The summed E-state index contributed by atoms with van der Waals surface area (Å²) in [5.74, 6) is 0.111. The Labute approximate surface area is 133 Å². The molecule has 0 spiro atoms. The van der Waals surface area contributed by atoms with Gasteiger partial charge in [0, 0.05) is 26.2 Å². The number of hydrogen-bond acceptors (Lipinski definition) is 5. The van der Waals surface area contributed by atoms with Gasteiger partial charge in [-0.3, -0.25) is 0 Å². The van der Waals surface area contributed by atoms with E-state index in [1.165, 1.54) is 0 Å². The Morgan fingerprint density at radius 1 is 1.36 bits per heavy atom. The van der Waals surface area contributed by atoms with Crippen LogP contribution in [-0.2, 0) is 14.6 Å². The zero-order valence-corrected chi connectivity index (χ0v) is 14.4. The molecular weight excluding hydrogens is 300 g/mol. The molecule has 0 bridgehead atoms. The molecule has 0 saturated carbocycles. The van der Waals surface area contributed by atoms with Gasteiger partial charge in [0.2, 0.25) is 0 Å². The highest BCUT2D eigenvalue weighted by molar-refractivity contribution is 7.91. The molecule has 1 aliphatic heterocycles. The lowest BCUT2D eigenvalue weighted by atomic mass is 10.2. The maximum Gasteiger partial charge on any atom is 0.179 e. The fourth-order valence-electron chi connectivity index (χ4n) is 2.61. The van der Waals surface area contributed by atoms with E-state index >= 15 is 0 Å². The van der Waals surface area contributed by atoms with Crippen LogP contribution in [-0.4, -0.2) is 65.0 Å². The molecule has 1 saturated heterocycles. The number of ether oxygens (including phenoxy) is 1. The SMILES string of the molecule is Cc1ccc(C)c(S(=O)(=O)CCNC[C@H]2CN(C)CCO2)c1. The number of sulfone groups is 1. The molecular formula is C16H26N2O3S. The van der Waals surface area contributed by atoms with Gasteiger partial charge in [-0.05, 0) is 38.1 Å². The number of aryl methyl sites for hydroxylation is 2.